The molecule has 30 heavy (non-hydrogen) atoms. The van der Waals surface area contributed by atoms with E-state index in [0.29, 0.717) is 40.3 Å². The molecule has 4 rings (SSSR count). The zero-order chi connectivity index (χ0) is 21.3. The van der Waals surface area contributed by atoms with Gasteiger partial charge in [-0.05, 0) is 30.3 Å². The van der Waals surface area contributed by atoms with Gasteiger partial charge in [-0.3, -0.25) is 4.79 Å². The SMILES string of the molecule is O=C(c1cc(Cl)cc(Cl)c1)N1CCN(S(=O)(=O)c2ccc3c(c2)OCCCO3)CC1. The molecule has 0 spiro atoms. The van der Waals surface area contributed by atoms with Crippen LogP contribution in [0, 0.1) is 0 Å². The van der Waals surface area contributed by atoms with Crippen molar-refractivity contribution in [1.29, 1.82) is 0 Å². The minimum absolute atomic E-state index is 0.146. The van der Waals surface area contributed by atoms with Crippen LogP contribution in [0.5, 0.6) is 11.5 Å². The summed E-state index contributed by atoms with van der Waals surface area (Å²) >= 11 is 12.0. The highest BCUT2D eigenvalue weighted by Crippen LogP contribution is 2.33. The van der Waals surface area contributed by atoms with Crippen LogP contribution in [-0.2, 0) is 10.0 Å². The number of carbonyl (C=O) groups is 1. The first-order valence-corrected chi connectivity index (χ1v) is 11.7. The maximum absolute atomic E-state index is 13.1. The summed E-state index contributed by atoms with van der Waals surface area (Å²) in [6.07, 6.45) is 0.741. The predicted molar refractivity (Wildman–Crippen MR) is 113 cm³/mol. The summed E-state index contributed by atoms with van der Waals surface area (Å²) in [4.78, 5) is 14.5. The lowest BCUT2D eigenvalue weighted by Crippen LogP contribution is -2.50. The molecule has 2 aromatic carbocycles. The van der Waals surface area contributed by atoms with Crippen LogP contribution in [0.2, 0.25) is 10.0 Å². The molecule has 1 amide bonds. The maximum atomic E-state index is 13.1. The smallest absolute Gasteiger partial charge is 0.254 e. The van der Waals surface area contributed by atoms with Gasteiger partial charge >= 0.3 is 0 Å². The molecule has 0 radical (unpaired) electrons. The van der Waals surface area contributed by atoms with Gasteiger partial charge in [0.2, 0.25) is 10.0 Å². The lowest BCUT2D eigenvalue weighted by Gasteiger charge is -2.34. The Kier molecular flexibility index (Phi) is 6.11. The van der Waals surface area contributed by atoms with E-state index in [9.17, 15) is 13.2 Å². The van der Waals surface area contributed by atoms with Gasteiger partial charge in [0.1, 0.15) is 0 Å². The van der Waals surface area contributed by atoms with Gasteiger partial charge < -0.3 is 14.4 Å². The number of carbonyl (C=O) groups excluding carboxylic acids is 1. The number of benzene rings is 2. The van der Waals surface area contributed by atoms with Crippen molar-refractivity contribution in [3.05, 3.63) is 52.0 Å². The monoisotopic (exact) mass is 470 g/mol. The third-order valence-corrected chi connectivity index (χ3v) is 7.32. The van der Waals surface area contributed by atoms with Gasteiger partial charge in [-0.1, -0.05) is 23.2 Å². The van der Waals surface area contributed by atoms with Gasteiger partial charge in [-0.2, -0.15) is 4.31 Å². The second-order valence-corrected chi connectivity index (χ2v) is 9.82. The molecular formula is C20H20Cl2N2O5S. The van der Waals surface area contributed by atoms with Crippen LogP contribution >= 0.6 is 23.2 Å². The van der Waals surface area contributed by atoms with Crippen molar-refractivity contribution < 1.29 is 22.7 Å². The summed E-state index contributed by atoms with van der Waals surface area (Å²) in [6, 6.07) is 9.30. The minimum atomic E-state index is -3.72. The van der Waals surface area contributed by atoms with E-state index in [2.05, 4.69) is 0 Å². The van der Waals surface area contributed by atoms with Crippen LogP contribution < -0.4 is 9.47 Å². The van der Waals surface area contributed by atoms with E-state index in [1.54, 1.807) is 29.2 Å². The van der Waals surface area contributed by atoms with Crippen LogP contribution in [0.25, 0.3) is 0 Å². The number of ether oxygens (including phenoxy) is 2. The maximum Gasteiger partial charge on any atom is 0.254 e. The van der Waals surface area contributed by atoms with Crippen molar-refractivity contribution in [3.8, 4) is 11.5 Å². The molecule has 0 N–H and O–H groups in total. The minimum Gasteiger partial charge on any atom is -0.490 e. The summed E-state index contributed by atoms with van der Waals surface area (Å²) in [7, 11) is -3.72. The number of hydrogen-bond donors (Lipinski definition) is 0. The Labute approximate surface area is 185 Å². The first-order chi connectivity index (χ1) is 14.3. The van der Waals surface area contributed by atoms with Crippen LogP contribution in [0.15, 0.2) is 41.3 Å². The Morgan fingerprint density at radius 1 is 0.867 bits per heavy atom. The largest absolute Gasteiger partial charge is 0.490 e. The molecule has 160 valence electrons. The van der Waals surface area contributed by atoms with E-state index < -0.39 is 10.0 Å². The number of amides is 1. The van der Waals surface area contributed by atoms with Crippen molar-refractivity contribution in [3.63, 3.8) is 0 Å². The quantitative estimate of drug-likeness (QED) is 0.687. The average Bonchev–Trinajstić information content (AvgIpc) is 2.97. The van der Waals surface area contributed by atoms with Crippen LogP contribution in [0.3, 0.4) is 0 Å². The van der Waals surface area contributed by atoms with E-state index in [4.69, 9.17) is 32.7 Å². The number of hydrogen-bond acceptors (Lipinski definition) is 5. The van der Waals surface area contributed by atoms with Gasteiger partial charge in [0.15, 0.2) is 11.5 Å². The molecular weight excluding hydrogens is 451 g/mol. The molecule has 1 saturated heterocycles. The fourth-order valence-corrected chi connectivity index (χ4v) is 5.41. The van der Waals surface area contributed by atoms with Gasteiger partial charge in [0.25, 0.3) is 5.91 Å². The van der Waals surface area contributed by atoms with Crippen molar-refractivity contribution in [2.75, 3.05) is 39.4 Å². The predicted octanol–water partition coefficient (Wildman–Crippen LogP) is 3.30. The molecule has 2 aliphatic rings. The number of halogens is 2. The highest BCUT2D eigenvalue weighted by Gasteiger charge is 2.31. The molecule has 0 aliphatic carbocycles. The molecule has 0 unspecified atom stereocenters. The van der Waals surface area contributed by atoms with E-state index in [1.165, 1.54) is 16.4 Å². The molecule has 0 aromatic heterocycles. The fraction of sp³-hybridized carbons (Fsp3) is 0.350. The van der Waals surface area contributed by atoms with E-state index in [0.717, 1.165) is 6.42 Å². The van der Waals surface area contributed by atoms with Crippen LogP contribution in [0.4, 0.5) is 0 Å². The summed E-state index contributed by atoms with van der Waals surface area (Å²) in [5.41, 5.74) is 0.381. The van der Waals surface area contributed by atoms with E-state index in [1.807, 2.05) is 0 Å². The first kappa shape index (κ1) is 21.2. The van der Waals surface area contributed by atoms with E-state index in [-0.39, 0.29) is 37.0 Å². The van der Waals surface area contributed by atoms with Gasteiger partial charge in [-0.25, -0.2) is 8.42 Å². The number of fused-ring (bicyclic) bond motifs is 1. The van der Waals surface area contributed by atoms with Crippen molar-refractivity contribution in [2.45, 2.75) is 11.3 Å². The van der Waals surface area contributed by atoms with Gasteiger partial charge in [0, 0.05) is 54.3 Å². The Hall–Kier alpha value is -2.00. The fourth-order valence-electron chi connectivity index (χ4n) is 3.44. The second kappa shape index (κ2) is 8.63. The normalized spacial score (nSPS) is 17.5. The highest BCUT2D eigenvalue weighted by atomic mass is 35.5. The van der Waals surface area contributed by atoms with Crippen LogP contribution in [0.1, 0.15) is 16.8 Å². The van der Waals surface area contributed by atoms with Crippen molar-refractivity contribution in [2.24, 2.45) is 0 Å². The average molecular weight is 471 g/mol. The van der Waals surface area contributed by atoms with Crippen molar-refractivity contribution in [1.82, 2.24) is 9.21 Å². The summed E-state index contributed by atoms with van der Waals surface area (Å²) < 4.78 is 38.7. The number of piperazine rings is 1. The van der Waals surface area contributed by atoms with Crippen LogP contribution in [-0.4, -0.2) is 62.9 Å². The molecule has 0 bridgehead atoms. The Balaban J connectivity index is 1.47. The summed E-state index contributed by atoms with van der Waals surface area (Å²) in [6.45, 7) is 1.94. The van der Waals surface area contributed by atoms with E-state index >= 15 is 0 Å². The topological polar surface area (TPSA) is 76.2 Å². The molecule has 0 atom stereocenters. The highest BCUT2D eigenvalue weighted by molar-refractivity contribution is 7.89. The number of rotatable bonds is 3. The van der Waals surface area contributed by atoms with Gasteiger partial charge in [0.05, 0.1) is 18.1 Å². The molecule has 2 aliphatic heterocycles. The lowest BCUT2D eigenvalue weighted by atomic mass is 10.2. The zero-order valence-corrected chi connectivity index (χ0v) is 18.3. The number of sulfonamides is 1. The molecule has 1 fully saturated rings. The summed E-state index contributed by atoms with van der Waals surface area (Å²) in [5.74, 6) is 0.745. The van der Waals surface area contributed by atoms with Gasteiger partial charge in [-0.15, -0.1) is 0 Å². The molecule has 0 saturated carbocycles. The Morgan fingerprint density at radius 3 is 2.17 bits per heavy atom. The molecule has 7 nitrogen and oxygen atoms in total. The second-order valence-electron chi connectivity index (χ2n) is 7.01. The lowest BCUT2D eigenvalue weighted by molar-refractivity contribution is 0.0698. The zero-order valence-electron chi connectivity index (χ0n) is 16.0. The standard InChI is InChI=1S/C20H20Cl2N2O5S/c21-15-10-14(11-16(22)12-15)20(25)23-4-6-24(7-5-23)30(26,27)17-2-3-18-19(13-17)29-9-1-8-28-18/h2-3,10-13H,1,4-9H2. The summed E-state index contributed by atoms with van der Waals surface area (Å²) in [5, 5.41) is 0.753. The molecule has 2 aromatic rings. The Bertz CT molecular complexity index is 1050. The molecule has 10 heteroatoms. The van der Waals surface area contributed by atoms with Crippen molar-refractivity contribution >= 4 is 39.1 Å². The third-order valence-electron chi connectivity index (χ3n) is 4.99. The first-order valence-electron chi connectivity index (χ1n) is 9.50. The number of nitrogens with zero attached hydrogens (tertiary/aromatic N) is 2. The third kappa shape index (κ3) is 4.37. The Morgan fingerprint density at radius 2 is 1.50 bits per heavy atom. The molecule has 2 heterocycles.